The standard InChI is InChI=1S/C25H26ClF5N4O5S/c26-20-7-6-19(41-20)23(38)32-11-17(35(13-25(29,30)31)14-2-1-3-14)22(37)33-16-5-4-15(10-18(16)40-24(27)28)34-8-9-39-12-21(34)36/h4-7,10,14,17,24H,1-3,8-9,11-13H2,(H,32,38)(H,33,37)/t17-/m0/s1. The quantitative estimate of drug-likeness (QED) is 0.357. The first-order valence-electron chi connectivity index (χ1n) is 12.5. The average molecular weight is 625 g/mol. The summed E-state index contributed by atoms with van der Waals surface area (Å²) in [4.78, 5) is 40.8. The van der Waals surface area contributed by atoms with Crippen molar-refractivity contribution in [3.8, 4) is 5.75 Å². The van der Waals surface area contributed by atoms with Crippen LogP contribution in [0.3, 0.4) is 0 Å². The number of anilines is 2. The minimum absolute atomic E-state index is 0.156. The molecule has 1 aliphatic heterocycles. The summed E-state index contributed by atoms with van der Waals surface area (Å²) in [6.07, 6.45) is -3.16. The maximum Gasteiger partial charge on any atom is 0.401 e. The summed E-state index contributed by atoms with van der Waals surface area (Å²) in [5, 5.41) is 4.88. The van der Waals surface area contributed by atoms with Gasteiger partial charge in [0.05, 0.1) is 28.1 Å². The van der Waals surface area contributed by atoms with Crippen LogP contribution >= 0.6 is 22.9 Å². The van der Waals surface area contributed by atoms with E-state index in [0.717, 1.165) is 22.3 Å². The number of carbonyl (C=O) groups excluding carboxylic acids is 3. The molecule has 41 heavy (non-hydrogen) atoms. The van der Waals surface area contributed by atoms with Crippen molar-refractivity contribution < 1.29 is 45.8 Å². The van der Waals surface area contributed by atoms with Gasteiger partial charge in [-0.05, 0) is 37.1 Å². The lowest BCUT2D eigenvalue weighted by molar-refractivity contribution is -0.163. The highest BCUT2D eigenvalue weighted by Gasteiger charge is 2.42. The number of rotatable bonds is 11. The summed E-state index contributed by atoms with van der Waals surface area (Å²) >= 11 is 6.82. The highest BCUT2D eigenvalue weighted by molar-refractivity contribution is 7.18. The zero-order valence-electron chi connectivity index (χ0n) is 21.4. The second-order valence-corrected chi connectivity index (χ2v) is 11.1. The number of thiophene rings is 1. The van der Waals surface area contributed by atoms with Crippen LogP contribution in [0.2, 0.25) is 4.34 Å². The van der Waals surface area contributed by atoms with Crippen molar-refractivity contribution in [2.24, 2.45) is 0 Å². The second kappa shape index (κ2) is 13.3. The summed E-state index contributed by atoms with van der Waals surface area (Å²) in [6, 6.07) is 4.55. The van der Waals surface area contributed by atoms with Gasteiger partial charge in [0.25, 0.3) is 11.8 Å². The second-order valence-electron chi connectivity index (χ2n) is 9.35. The summed E-state index contributed by atoms with van der Waals surface area (Å²) in [7, 11) is 0. The number of benzene rings is 1. The molecule has 224 valence electrons. The minimum Gasteiger partial charge on any atom is -0.433 e. The van der Waals surface area contributed by atoms with Crippen LogP contribution < -0.4 is 20.3 Å². The maximum absolute atomic E-state index is 13.6. The first kappa shape index (κ1) is 30.9. The molecule has 2 aromatic rings. The number of amides is 3. The fraction of sp³-hybridized carbons (Fsp3) is 0.480. The van der Waals surface area contributed by atoms with Crippen molar-refractivity contribution in [2.75, 3.05) is 43.1 Å². The van der Waals surface area contributed by atoms with E-state index in [1.165, 1.54) is 29.2 Å². The van der Waals surface area contributed by atoms with Gasteiger partial charge in [0.2, 0.25) is 5.91 Å². The topological polar surface area (TPSA) is 100 Å². The Balaban J connectivity index is 1.60. The fourth-order valence-electron chi connectivity index (χ4n) is 4.48. The van der Waals surface area contributed by atoms with Crippen LogP contribution in [-0.4, -0.2) is 80.3 Å². The molecule has 2 aliphatic rings. The summed E-state index contributed by atoms with van der Waals surface area (Å²) < 4.78 is 77.3. The molecule has 2 heterocycles. The number of carbonyl (C=O) groups is 3. The van der Waals surface area contributed by atoms with Crippen molar-refractivity contribution in [3.05, 3.63) is 39.5 Å². The van der Waals surface area contributed by atoms with Gasteiger partial charge in [-0.2, -0.15) is 22.0 Å². The number of hydrogen-bond acceptors (Lipinski definition) is 7. The SMILES string of the molecule is O=C(NC[C@@H](C(=O)Nc1ccc(N2CCOCC2=O)cc1OC(F)F)N(CC(F)(F)F)C1CCC1)c1ccc(Cl)s1. The van der Waals surface area contributed by atoms with Crippen molar-refractivity contribution in [1.82, 2.24) is 10.2 Å². The highest BCUT2D eigenvalue weighted by Crippen LogP contribution is 2.34. The Labute approximate surface area is 240 Å². The molecule has 1 aliphatic carbocycles. The van der Waals surface area contributed by atoms with Crippen LogP contribution in [-0.2, 0) is 14.3 Å². The Morgan fingerprint density at radius 2 is 1.98 bits per heavy atom. The van der Waals surface area contributed by atoms with E-state index in [1.54, 1.807) is 0 Å². The normalized spacial score (nSPS) is 17.0. The van der Waals surface area contributed by atoms with Gasteiger partial charge < -0.3 is 25.0 Å². The maximum atomic E-state index is 13.6. The van der Waals surface area contributed by atoms with Gasteiger partial charge in [0, 0.05) is 30.9 Å². The van der Waals surface area contributed by atoms with Crippen LogP contribution in [0.5, 0.6) is 5.75 Å². The number of nitrogens with one attached hydrogen (secondary N) is 2. The largest absolute Gasteiger partial charge is 0.433 e. The summed E-state index contributed by atoms with van der Waals surface area (Å²) in [6.45, 7) is -5.05. The molecular weight excluding hydrogens is 599 g/mol. The number of alkyl halides is 5. The molecule has 1 saturated carbocycles. The van der Waals surface area contributed by atoms with E-state index >= 15 is 0 Å². The van der Waals surface area contributed by atoms with E-state index in [9.17, 15) is 36.3 Å². The molecule has 1 aromatic heterocycles. The van der Waals surface area contributed by atoms with Gasteiger partial charge in [-0.25, -0.2) is 0 Å². The van der Waals surface area contributed by atoms with E-state index in [2.05, 4.69) is 15.4 Å². The van der Waals surface area contributed by atoms with Crippen molar-refractivity contribution in [2.45, 2.75) is 44.1 Å². The molecule has 3 amide bonds. The zero-order valence-corrected chi connectivity index (χ0v) is 23.0. The monoisotopic (exact) mass is 624 g/mol. The van der Waals surface area contributed by atoms with Gasteiger partial charge in [0.1, 0.15) is 12.6 Å². The molecule has 1 aromatic carbocycles. The van der Waals surface area contributed by atoms with E-state index in [4.69, 9.17) is 16.3 Å². The molecule has 2 fully saturated rings. The zero-order chi connectivity index (χ0) is 29.7. The van der Waals surface area contributed by atoms with E-state index in [1.807, 2.05) is 0 Å². The lowest BCUT2D eigenvalue weighted by Crippen LogP contribution is -2.58. The number of nitrogens with zero attached hydrogens (tertiary/aromatic N) is 2. The van der Waals surface area contributed by atoms with Gasteiger partial charge in [0.15, 0.2) is 5.75 Å². The van der Waals surface area contributed by atoms with Crippen LogP contribution in [0, 0.1) is 0 Å². The third-order valence-corrected chi connectivity index (χ3v) is 7.83. The van der Waals surface area contributed by atoms with Crippen LogP contribution in [0.15, 0.2) is 30.3 Å². The Morgan fingerprint density at radius 1 is 1.22 bits per heavy atom. The molecule has 9 nitrogen and oxygen atoms in total. The Morgan fingerprint density at radius 3 is 2.56 bits per heavy atom. The molecule has 2 N–H and O–H groups in total. The van der Waals surface area contributed by atoms with Crippen molar-refractivity contribution in [1.29, 1.82) is 0 Å². The Hall–Kier alpha value is -3.01. The van der Waals surface area contributed by atoms with Crippen LogP contribution in [0.4, 0.5) is 33.3 Å². The molecule has 0 radical (unpaired) electrons. The van der Waals surface area contributed by atoms with Crippen molar-refractivity contribution in [3.63, 3.8) is 0 Å². The first-order valence-corrected chi connectivity index (χ1v) is 13.7. The van der Waals surface area contributed by atoms with E-state index in [0.29, 0.717) is 23.6 Å². The molecular formula is C25H26ClF5N4O5S. The van der Waals surface area contributed by atoms with Gasteiger partial charge in [-0.1, -0.05) is 18.0 Å². The van der Waals surface area contributed by atoms with Crippen LogP contribution in [0.1, 0.15) is 28.9 Å². The molecule has 0 unspecified atom stereocenters. The van der Waals surface area contributed by atoms with Gasteiger partial charge in [-0.3, -0.25) is 19.3 Å². The summed E-state index contributed by atoms with van der Waals surface area (Å²) in [5.41, 5.74) is -0.0415. The van der Waals surface area contributed by atoms with Crippen LogP contribution in [0.25, 0.3) is 0 Å². The lowest BCUT2D eigenvalue weighted by Gasteiger charge is -2.42. The predicted molar refractivity (Wildman–Crippen MR) is 141 cm³/mol. The lowest BCUT2D eigenvalue weighted by atomic mass is 9.90. The number of hydrogen-bond donors (Lipinski definition) is 2. The predicted octanol–water partition coefficient (Wildman–Crippen LogP) is 4.52. The van der Waals surface area contributed by atoms with Gasteiger partial charge >= 0.3 is 12.8 Å². The molecule has 16 heteroatoms. The number of morpholine rings is 1. The first-order chi connectivity index (χ1) is 19.4. The molecule has 0 spiro atoms. The highest BCUT2D eigenvalue weighted by atomic mass is 35.5. The van der Waals surface area contributed by atoms with Crippen molar-refractivity contribution >= 4 is 52.0 Å². The van der Waals surface area contributed by atoms with Gasteiger partial charge in [-0.15, -0.1) is 11.3 Å². The molecule has 1 atom stereocenters. The third-order valence-electron chi connectivity index (χ3n) is 6.60. The third kappa shape index (κ3) is 8.27. The number of ether oxygens (including phenoxy) is 2. The average Bonchev–Trinajstić information content (AvgIpc) is 3.29. The molecule has 1 saturated heterocycles. The Bertz CT molecular complexity index is 1260. The Kier molecular flexibility index (Phi) is 10.0. The minimum atomic E-state index is -4.66. The molecule has 4 rings (SSSR count). The fourth-order valence-corrected chi connectivity index (χ4v) is 5.43. The van der Waals surface area contributed by atoms with E-state index < -0.39 is 61.4 Å². The summed E-state index contributed by atoms with van der Waals surface area (Å²) in [5.74, 6) is -2.52. The van der Waals surface area contributed by atoms with E-state index in [-0.39, 0.29) is 36.0 Å². The smallest absolute Gasteiger partial charge is 0.401 e. The molecule has 0 bridgehead atoms. The number of halogens is 6.